The first kappa shape index (κ1) is 12.6. The van der Waals surface area contributed by atoms with E-state index in [0.29, 0.717) is 0 Å². The molecule has 4 rings (SSSR count). The third-order valence-electron chi connectivity index (χ3n) is 4.50. The Balaban J connectivity index is 1.51. The second kappa shape index (κ2) is 4.70. The van der Waals surface area contributed by atoms with Crippen molar-refractivity contribution in [2.24, 2.45) is 11.8 Å². The molecule has 2 heterocycles. The Morgan fingerprint density at radius 3 is 2.52 bits per heavy atom. The third kappa shape index (κ3) is 2.45. The normalized spacial score (nSPS) is 24.0. The van der Waals surface area contributed by atoms with Gasteiger partial charge in [-0.3, -0.25) is 9.47 Å². The molecule has 1 aromatic heterocycles. The molecule has 1 saturated carbocycles. The summed E-state index contributed by atoms with van der Waals surface area (Å²) in [5.41, 5.74) is 7.27. The maximum Gasteiger partial charge on any atom is 0.354 e. The number of fused-ring (bicyclic) bond motifs is 1. The quantitative estimate of drug-likeness (QED) is 0.920. The van der Waals surface area contributed by atoms with E-state index in [-0.39, 0.29) is 11.5 Å². The van der Waals surface area contributed by atoms with Crippen molar-refractivity contribution in [2.45, 2.75) is 13.0 Å². The summed E-state index contributed by atoms with van der Waals surface area (Å²) in [6.45, 7) is 3.49. The second-order valence-electron chi connectivity index (χ2n) is 6.12. The number of hydrogen-bond donors (Lipinski definition) is 1. The molecule has 2 N–H and O–H groups in total. The number of nitrogen functional groups attached to an aromatic ring is 1. The van der Waals surface area contributed by atoms with Crippen molar-refractivity contribution >= 4 is 5.82 Å². The Hall–Kier alpha value is -2.14. The molecule has 0 spiro atoms. The fraction of sp³-hybridized carbons (Fsp3) is 0.375. The first-order valence-electron chi connectivity index (χ1n) is 7.36. The second-order valence-corrected chi connectivity index (χ2v) is 6.12. The first-order chi connectivity index (χ1) is 10.2. The number of aromatic nitrogens is 2. The van der Waals surface area contributed by atoms with Gasteiger partial charge in [0.25, 0.3) is 0 Å². The van der Waals surface area contributed by atoms with Crippen LogP contribution in [0.15, 0.2) is 41.3 Å². The average Bonchev–Trinajstić information content (AvgIpc) is 3.07. The number of nitrogens with two attached hydrogens (primary N) is 1. The van der Waals surface area contributed by atoms with Gasteiger partial charge in [0.15, 0.2) is 0 Å². The number of piperidine rings is 1. The van der Waals surface area contributed by atoms with Crippen molar-refractivity contribution in [3.63, 3.8) is 0 Å². The summed E-state index contributed by atoms with van der Waals surface area (Å²) >= 11 is 0. The molecule has 1 aliphatic carbocycles. The Bertz CT molecular complexity index is 712. The van der Waals surface area contributed by atoms with Crippen molar-refractivity contribution in [2.75, 3.05) is 18.8 Å². The molecular weight excluding hydrogens is 264 g/mol. The van der Waals surface area contributed by atoms with E-state index >= 15 is 0 Å². The zero-order valence-corrected chi connectivity index (χ0v) is 11.8. The van der Waals surface area contributed by atoms with Crippen LogP contribution >= 0.6 is 0 Å². The molecule has 1 aliphatic heterocycles. The lowest BCUT2D eigenvalue weighted by Gasteiger charge is -2.17. The minimum Gasteiger partial charge on any atom is -0.383 e. The first-order valence-corrected chi connectivity index (χ1v) is 7.36. The molecule has 108 valence electrons. The van der Waals surface area contributed by atoms with Crippen molar-refractivity contribution in [3.8, 4) is 5.69 Å². The maximum atomic E-state index is 11.8. The fourth-order valence-electron chi connectivity index (χ4n) is 3.26. The highest BCUT2D eigenvalue weighted by Crippen LogP contribution is 2.45. The number of hydrogen-bond acceptors (Lipinski definition) is 4. The topological polar surface area (TPSA) is 64.2 Å². The van der Waals surface area contributed by atoms with E-state index in [4.69, 9.17) is 5.73 Å². The molecule has 2 aliphatic rings. The minimum atomic E-state index is -0.345. The van der Waals surface area contributed by atoms with Crippen LogP contribution in [0.3, 0.4) is 0 Å². The van der Waals surface area contributed by atoms with Crippen LogP contribution in [0, 0.1) is 11.8 Å². The molecule has 5 heteroatoms. The van der Waals surface area contributed by atoms with E-state index in [1.54, 1.807) is 12.3 Å². The van der Waals surface area contributed by atoms with Gasteiger partial charge in [-0.15, -0.1) is 0 Å². The molecule has 1 aromatic carbocycles. The monoisotopic (exact) mass is 282 g/mol. The van der Waals surface area contributed by atoms with Gasteiger partial charge >= 0.3 is 5.69 Å². The van der Waals surface area contributed by atoms with Crippen LogP contribution in [-0.4, -0.2) is 27.5 Å². The predicted molar refractivity (Wildman–Crippen MR) is 81.1 cm³/mol. The molecule has 2 atom stereocenters. The van der Waals surface area contributed by atoms with Crippen LogP contribution in [0.4, 0.5) is 5.82 Å². The summed E-state index contributed by atoms with van der Waals surface area (Å²) in [4.78, 5) is 18.1. The molecule has 0 amide bonds. The van der Waals surface area contributed by atoms with Gasteiger partial charge in [0, 0.05) is 25.8 Å². The summed E-state index contributed by atoms with van der Waals surface area (Å²) in [6.07, 6.45) is 3.09. The van der Waals surface area contributed by atoms with Crippen LogP contribution in [0.25, 0.3) is 5.69 Å². The Morgan fingerprint density at radius 1 is 1.14 bits per heavy atom. The van der Waals surface area contributed by atoms with Gasteiger partial charge in [-0.25, -0.2) is 4.79 Å². The van der Waals surface area contributed by atoms with Crippen molar-refractivity contribution in [1.29, 1.82) is 0 Å². The van der Waals surface area contributed by atoms with Gasteiger partial charge in [-0.1, -0.05) is 12.1 Å². The highest BCUT2D eigenvalue weighted by molar-refractivity contribution is 5.36. The van der Waals surface area contributed by atoms with E-state index in [0.717, 1.165) is 24.1 Å². The van der Waals surface area contributed by atoms with E-state index in [9.17, 15) is 4.79 Å². The van der Waals surface area contributed by atoms with Gasteiger partial charge in [-0.05, 0) is 42.0 Å². The smallest absolute Gasteiger partial charge is 0.354 e. The standard InChI is InChI=1S/C16H18N4O/c17-15-5-6-20(16(21)18-15)14-3-1-11(2-4-14)8-19-9-12-7-13(12)10-19/h1-6,12-13H,7-10H2,(H2,17,18,21). The molecule has 1 saturated heterocycles. The van der Waals surface area contributed by atoms with Crippen molar-refractivity contribution < 1.29 is 0 Å². The van der Waals surface area contributed by atoms with E-state index < -0.39 is 0 Å². The number of rotatable bonds is 3. The molecule has 0 bridgehead atoms. The van der Waals surface area contributed by atoms with Crippen molar-refractivity contribution in [1.82, 2.24) is 14.5 Å². The van der Waals surface area contributed by atoms with E-state index in [1.165, 1.54) is 29.6 Å². The van der Waals surface area contributed by atoms with Gasteiger partial charge in [0.2, 0.25) is 0 Å². The molecule has 21 heavy (non-hydrogen) atoms. The highest BCUT2D eigenvalue weighted by atomic mass is 16.1. The summed E-state index contributed by atoms with van der Waals surface area (Å²) in [6, 6.07) is 9.73. The van der Waals surface area contributed by atoms with Crippen LogP contribution in [0.1, 0.15) is 12.0 Å². The highest BCUT2D eigenvalue weighted by Gasteiger charge is 2.44. The van der Waals surface area contributed by atoms with Gasteiger partial charge < -0.3 is 5.73 Å². The van der Waals surface area contributed by atoms with E-state index in [2.05, 4.69) is 22.0 Å². The largest absolute Gasteiger partial charge is 0.383 e. The summed E-state index contributed by atoms with van der Waals surface area (Å²) in [5, 5.41) is 0. The van der Waals surface area contributed by atoms with Gasteiger partial charge in [0.05, 0.1) is 5.69 Å². The number of anilines is 1. The lowest BCUT2D eigenvalue weighted by Crippen LogP contribution is -2.22. The van der Waals surface area contributed by atoms with Crippen LogP contribution in [0.2, 0.25) is 0 Å². The lowest BCUT2D eigenvalue weighted by atomic mass is 10.2. The Labute approximate surface area is 123 Å². The van der Waals surface area contributed by atoms with Gasteiger partial charge in [0.1, 0.15) is 5.82 Å². The lowest BCUT2D eigenvalue weighted by molar-refractivity contribution is 0.297. The SMILES string of the molecule is Nc1ccn(-c2ccc(CN3CC4CC4C3)cc2)c(=O)n1. The van der Waals surface area contributed by atoms with Crippen LogP contribution in [-0.2, 0) is 6.54 Å². The molecular formula is C16H18N4O. The molecule has 2 fully saturated rings. The molecule has 2 aromatic rings. The fourth-order valence-corrected chi connectivity index (χ4v) is 3.26. The third-order valence-corrected chi connectivity index (χ3v) is 4.50. The predicted octanol–water partition coefficient (Wildman–Crippen LogP) is 1.27. The maximum absolute atomic E-state index is 11.8. The van der Waals surface area contributed by atoms with Crippen LogP contribution in [0.5, 0.6) is 0 Å². The molecule has 2 unspecified atom stereocenters. The van der Waals surface area contributed by atoms with Gasteiger partial charge in [-0.2, -0.15) is 4.98 Å². The zero-order valence-electron chi connectivity index (χ0n) is 11.8. The van der Waals surface area contributed by atoms with Crippen molar-refractivity contribution in [3.05, 3.63) is 52.6 Å². The summed E-state index contributed by atoms with van der Waals surface area (Å²) in [5.74, 6) is 2.17. The van der Waals surface area contributed by atoms with Crippen LogP contribution < -0.4 is 11.4 Å². The number of nitrogens with zero attached hydrogens (tertiary/aromatic N) is 3. The minimum absolute atomic E-state index is 0.250. The Kier molecular flexibility index (Phi) is 2.82. The summed E-state index contributed by atoms with van der Waals surface area (Å²) < 4.78 is 1.51. The average molecular weight is 282 g/mol. The Morgan fingerprint density at radius 2 is 1.86 bits per heavy atom. The number of likely N-dealkylation sites (tertiary alicyclic amines) is 1. The molecule has 5 nitrogen and oxygen atoms in total. The molecule has 0 radical (unpaired) electrons. The zero-order chi connectivity index (χ0) is 14.4. The van der Waals surface area contributed by atoms with E-state index in [1.807, 2.05) is 12.1 Å². The number of benzene rings is 1. The summed E-state index contributed by atoms with van der Waals surface area (Å²) in [7, 11) is 0.